The molecule has 1 aliphatic heterocycles. The van der Waals surface area contributed by atoms with Gasteiger partial charge in [-0.05, 0) is 6.08 Å². The van der Waals surface area contributed by atoms with Crippen LogP contribution in [0, 0.1) is 0 Å². The van der Waals surface area contributed by atoms with Gasteiger partial charge in [0.05, 0.1) is 0 Å². The number of rotatable bonds is 0. The lowest BCUT2D eigenvalue weighted by Gasteiger charge is -2.01. The van der Waals surface area contributed by atoms with E-state index in [1.165, 1.54) is 0 Å². The van der Waals surface area contributed by atoms with Crippen molar-refractivity contribution in [3.8, 4) is 0 Å². The maximum Gasteiger partial charge on any atom is 0.431 e. The third kappa shape index (κ3) is 1.40. The molecular weight excluding hydrogens is 142 g/mol. The number of nitrogens with zero attached hydrogens (tertiary/aromatic N) is 1. The maximum atomic E-state index is 11.8. The molecule has 0 aromatic heterocycles. The molecule has 0 bridgehead atoms. The van der Waals surface area contributed by atoms with Gasteiger partial charge in [-0.1, -0.05) is 12.4 Å². The van der Waals surface area contributed by atoms with Crippen molar-refractivity contribution in [2.75, 3.05) is 0 Å². The summed E-state index contributed by atoms with van der Waals surface area (Å²) in [6.07, 6.45) is -3.20. The van der Waals surface area contributed by atoms with Gasteiger partial charge in [-0.2, -0.15) is 13.2 Å². The average Bonchev–Trinajstić information content (AvgIpc) is 2.11. The first-order chi connectivity index (χ1) is 4.50. The average molecular weight is 147 g/mol. The number of alkyl halides is 3. The van der Waals surface area contributed by atoms with Crippen LogP contribution < -0.4 is 0 Å². The Kier molecular flexibility index (Phi) is 1.58. The zero-order valence-electron chi connectivity index (χ0n) is 5.37. The fourth-order valence-electron chi connectivity index (χ4n) is 0.706. The second-order valence-electron chi connectivity index (χ2n) is 2.19. The molecule has 1 rings (SSSR count). The summed E-state index contributed by atoms with van der Waals surface area (Å²) in [6, 6.07) is 0. The monoisotopic (exact) mass is 147 g/mol. The first-order valence-electron chi connectivity index (χ1n) is 2.79. The SMILES string of the molecule is CC1=CC(C(F)(F)F)=NB1. The molecule has 1 nitrogen and oxygen atoms in total. The summed E-state index contributed by atoms with van der Waals surface area (Å²) in [5.41, 5.74) is -0.0997. The Morgan fingerprint density at radius 1 is 1.50 bits per heavy atom. The van der Waals surface area contributed by atoms with Gasteiger partial charge in [0.25, 0.3) is 7.41 Å². The molecule has 0 aromatic rings. The second-order valence-corrected chi connectivity index (χ2v) is 2.19. The normalized spacial score (nSPS) is 18.0. The molecule has 0 saturated heterocycles. The van der Waals surface area contributed by atoms with Crippen molar-refractivity contribution in [1.29, 1.82) is 0 Å². The Morgan fingerprint density at radius 3 is 2.30 bits per heavy atom. The molecule has 1 aliphatic rings. The molecule has 0 atom stereocenters. The van der Waals surface area contributed by atoms with Gasteiger partial charge in [-0.15, -0.1) is 0 Å². The highest BCUT2D eigenvalue weighted by Gasteiger charge is 2.35. The van der Waals surface area contributed by atoms with Gasteiger partial charge in [0.15, 0.2) is 0 Å². The molecule has 0 aromatic carbocycles. The molecule has 0 N–H and O–H groups in total. The van der Waals surface area contributed by atoms with Crippen molar-refractivity contribution < 1.29 is 13.2 Å². The van der Waals surface area contributed by atoms with Gasteiger partial charge in [-0.25, -0.2) is 0 Å². The van der Waals surface area contributed by atoms with Crippen molar-refractivity contribution in [2.45, 2.75) is 13.1 Å². The van der Waals surface area contributed by atoms with Crippen LogP contribution in [0.4, 0.5) is 13.2 Å². The van der Waals surface area contributed by atoms with Crippen molar-refractivity contribution in [1.82, 2.24) is 0 Å². The van der Waals surface area contributed by atoms with E-state index in [1.807, 2.05) is 0 Å². The van der Waals surface area contributed by atoms with Gasteiger partial charge in [0, 0.05) is 0 Å². The summed E-state index contributed by atoms with van der Waals surface area (Å²) in [5, 5.41) is 0. The molecule has 10 heavy (non-hydrogen) atoms. The molecule has 54 valence electrons. The largest absolute Gasteiger partial charge is 0.431 e. The molecule has 0 fully saturated rings. The maximum absolute atomic E-state index is 11.8. The predicted octanol–water partition coefficient (Wildman–Crippen LogP) is 1.26. The third-order valence-corrected chi connectivity index (χ3v) is 1.17. The Bertz CT molecular complexity index is 203. The molecular formula is C5H5BF3N. The topological polar surface area (TPSA) is 12.4 Å². The zero-order valence-corrected chi connectivity index (χ0v) is 5.37. The van der Waals surface area contributed by atoms with E-state index >= 15 is 0 Å². The van der Waals surface area contributed by atoms with Crippen LogP contribution in [0.25, 0.3) is 0 Å². The van der Waals surface area contributed by atoms with Crippen molar-refractivity contribution >= 4 is 13.1 Å². The van der Waals surface area contributed by atoms with Gasteiger partial charge in [0.2, 0.25) is 0 Å². The quantitative estimate of drug-likeness (QED) is 0.457. The Labute approximate surface area is 56.9 Å². The van der Waals surface area contributed by atoms with E-state index in [-0.39, 0.29) is 7.41 Å². The predicted molar refractivity (Wildman–Crippen MR) is 34.4 cm³/mol. The van der Waals surface area contributed by atoms with Gasteiger partial charge < -0.3 is 4.90 Å². The highest BCUT2D eigenvalue weighted by atomic mass is 19.4. The van der Waals surface area contributed by atoms with Crippen LogP contribution in [-0.4, -0.2) is 19.3 Å². The third-order valence-electron chi connectivity index (χ3n) is 1.17. The van der Waals surface area contributed by atoms with Gasteiger partial charge in [-0.3, -0.25) is 0 Å². The summed E-state index contributed by atoms with van der Waals surface area (Å²) in [6.45, 7) is 1.63. The Balaban J connectivity index is 2.77. The van der Waals surface area contributed by atoms with Crippen LogP contribution >= 0.6 is 0 Å². The Hall–Kier alpha value is -0.735. The molecule has 0 saturated carbocycles. The molecule has 0 spiro atoms. The van der Waals surface area contributed by atoms with Gasteiger partial charge >= 0.3 is 6.18 Å². The highest BCUT2D eigenvalue weighted by Crippen LogP contribution is 2.21. The van der Waals surface area contributed by atoms with Crippen LogP contribution in [-0.2, 0) is 0 Å². The molecule has 0 aliphatic carbocycles. The zero-order chi connectivity index (χ0) is 7.78. The van der Waals surface area contributed by atoms with Crippen molar-refractivity contribution in [2.24, 2.45) is 4.90 Å². The van der Waals surface area contributed by atoms with Crippen LogP contribution in [0.1, 0.15) is 6.92 Å². The van der Waals surface area contributed by atoms with Gasteiger partial charge in [0.1, 0.15) is 5.71 Å². The lowest BCUT2D eigenvalue weighted by Crippen LogP contribution is -2.19. The number of hydrogen-bond acceptors (Lipinski definition) is 1. The minimum Gasteiger partial charge on any atom is -0.337 e. The number of allylic oxidation sites excluding steroid dienone is 2. The molecule has 0 unspecified atom stereocenters. The summed E-state index contributed by atoms with van der Waals surface area (Å²) < 4.78 is 35.3. The van der Waals surface area contributed by atoms with E-state index < -0.39 is 11.9 Å². The summed E-state index contributed by atoms with van der Waals surface area (Å²) >= 11 is 0. The highest BCUT2D eigenvalue weighted by molar-refractivity contribution is 6.50. The van der Waals surface area contributed by atoms with Crippen LogP contribution in [0.3, 0.4) is 0 Å². The van der Waals surface area contributed by atoms with E-state index in [4.69, 9.17) is 0 Å². The standard InChI is InChI=1S/C5H5BF3N/c1-3-2-4(10-6-3)5(7,8)9/h2,6H,1H3. The van der Waals surface area contributed by atoms with Crippen molar-refractivity contribution in [3.63, 3.8) is 0 Å². The van der Waals surface area contributed by atoms with E-state index in [2.05, 4.69) is 4.90 Å². The van der Waals surface area contributed by atoms with Crippen LogP contribution in [0.2, 0.25) is 0 Å². The van der Waals surface area contributed by atoms with Crippen LogP contribution in [0.5, 0.6) is 0 Å². The van der Waals surface area contributed by atoms with E-state index in [1.54, 1.807) is 6.92 Å². The first kappa shape index (κ1) is 7.37. The molecule has 0 radical (unpaired) electrons. The molecule has 1 heterocycles. The number of hydrogen-bond donors (Lipinski definition) is 0. The van der Waals surface area contributed by atoms with Crippen LogP contribution in [0.15, 0.2) is 16.5 Å². The smallest absolute Gasteiger partial charge is 0.337 e. The molecule has 0 amide bonds. The summed E-state index contributed by atoms with van der Waals surface area (Å²) in [4.78, 5) is 3.29. The second kappa shape index (κ2) is 2.14. The Morgan fingerprint density at radius 2 is 2.10 bits per heavy atom. The van der Waals surface area contributed by atoms with Crippen molar-refractivity contribution in [3.05, 3.63) is 11.5 Å². The van der Waals surface area contributed by atoms with E-state index in [0.29, 0.717) is 5.47 Å². The summed E-state index contributed by atoms with van der Waals surface area (Å²) in [7, 11) is 0.189. The lowest BCUT2D eigenvalue weighted by atomic mass is 9.87. The summed E-state index contributed by atoms with van der Waals surface area (Å²) in [5.74, 6) is 0. The number of halogens is 3. The van der Waals surface area contributed by atoms with E-state index in [0.717, 1.165) is 6.08 Å². The first-order valence-corrected chi connectivity index (χ1v) is 2.79. The minimum atomic E-state index is -4.27. The fourth-order valence-corrected chi connectivity index (χ4v) is 0.706. The van der Waals surface area contributed by atoms with E-state index in [9.17, 15) is 13.2 Å². The fraction of sp³-hybridized carbons (Fsp3) is 0.400. The molecule has 5 heteroatoms. The lowest BCUT2D eigenvalue weighted by molar-refractivity contribution is -0.0574. The minimum absolute atomic E-state index is 0.189.